The van der Waals surface area contributed by atoms with Gasteiger partial charge < -0.3 is 25.8 Å². The summed E-state index contributed by atoms with van der Waals surface area (Å²) < 4.78 is 12.9. The maximum atomic E-state index is 11.3. The number of hydrogen-bond donors (Lipinski definition) is 3. The van der Waals surface area contributed by atoms with Gasteiger partial charge in [-0.25, -0.2) is 9.97 Å². The number of aryl methyl sites for hydroxylation is 1. The van der Waals surface area contributed by atoms with E-state index in [1.807, 2.05) is 19.2 Å². The Bertz CT molecular complexity index is 1320. The Morgan fingerprint density at radius 1 is 1.31 bits per heavy atom. The molecule has 190 valence electrons. The Balaban J connectivity index is 1.55. The second-order valence-electron chi connectivity index (χ2n) is 9.75. The van der Waals surface area contributed by atoms with Gasteiger partial charge in [-0.1, -0.05) is 20.8 Å². The van der Waals surface area contributed by atoms with Crippen LogP contribution in [-0.4, -0.2) is 51.0 Å². The van der Waals surface area contributed by atoms with Crippen LogP contribution in [0.1, 0.15) is 27.7 Å². The summed E-state index contributed by atoms with van der Waals surface area (Å²) in [7, 11) is 1.82. The minimum absolute atomic E-state index is 0.127. The van der Waals surface area contributed by atoms with Gasteiger partial charge in [0.2, 0.25) is 17.7 Å². The van der Waals surface area contributed by atoms with Gasteiger partial charge in [0.25, 0.3) is 0 Å². The van der Waals surface area contributed by atoms with Crippen molar-refractivity contribution in [3.05, 3.63) is 42.2 Å². The van der Waals surface area contributed by atoms with Gasteiger partial charge in [-0.2, -0.15) is 9.98 Å². The van der Waals surface area contributed by atoms with Gasteiger partial charge in [-0.3, -0.25) is 9.36 Å². The number of aliphatic imine (C=N–C) groups is 1. The van der Waals surface area contributed by atoms with Gasteiger partial charge in [0.1, 0.15) is 22.9 Å². The van der Waals surface area contributed by atoms with Crippen LogP contribution in [0.25, 0.3) is 11.2 Å². The van der Waals surface area contributed by atoms with Crippen LogP contribution < -0.4 is 21.1 Å². The van der Waals surface area contributed by atoms with Crippen LogP contribution in [0.15, 0.2) is 47.2 Å². The summed E-state index contributed by atoms with van der Waals surface area (Å²) in [4.78, 5) is 29.1. The fourth-order valence-electron chi connectivity index (χ4n) is 3.52. The predicted molar refractivity (Wildman–Crippen MR) is 138 cm³/mol. The number of rotatable bonds is 8. The molecule has 1 fully saturated rings. The lowest BCUT2D eigenvalue weighted by Crippen LogP contribution is -2.39. The Morgan fingerprint density at radius 2 is 2.08 bits per heavy atom. The van der Waals surface area contributed by atoms with E-state index < -0.39 is 0 Å². The largest absolute Gasteiger partial charge is 0.439 e. The van der Waals surface area contributed by atoms with Gasteiger partial charge in [0, 0.05) is 55.9 Å². The van der Waals surface area contributed by atoms with Gasteiger partial charge in [-0.15, -0.1) is 0 Å². The molecule has 0 atom stereocenters. The molecule has 11 nitrogen and oxygen atoms in total. The number of nitrogens with zero attached hydrogens (tertiary/aromatic N) is 5. The van der Waals surface area contributed by atoms with Crippen LogP contribution in [0.5, 0.6) is 11.6 Å². The predicted octanol–water partition coefficient (Wildman–Crippen LogP) is 3.27. The number of carbonyl (C=O) groups excluding carboxylic acids is 1. The topological polar surface area (TPSA) is 142 Å². The molecule has 4 heterocycles. The SMILES string of the molecule is CC(=O)Nc1cc(Oc2ccc3nc(/N=C(N)\C=C(/NCC4COC4)C(C)(C)C)n(C)c3n2)ccn1. The molecule has 1 aliphatic heterocycles. The summed E-state index contributed by atoms with van der Waals surface area (Å²) in [6.45, 7) is 10.2. The van der Waals surface area contributed by atoms with E-state index in [-0.39, 0.29) is 11.3 Å². The van der Waals surface area contributed by atoms with E-state index in [2.05, 4.69) is 51.3 Å². The van der Waals surface area contributed by atoms with E-state index in [1.54, 1.807) is 29.0 Å². The Kier molecular flexibility index (Phi) is 7.20. The minimum atomic E-state index is -0.213. The molecule has 4 N–H and O–H groups in total. The van der Waals surface area contributed by atoms with Crippen molar-refractivity contribution >= 4 is 34.7 Å². The smallest absolute Gasteiger partial charge is 0.233 e. The van der Waals surface area contributed by atoms with Crippen molar-refractivity contribution in [1.29, 1.82) is 0 Å². The Morgan fingerprint density at radius 3 is 2.75 bits per heavy atom. The molecule has 36 heavy (non-hydrogen) atoms. The number of ether oxygens (including phenoxy) is 2. The van der Waals surface area contributed by atoms with E-state index in [1.165, 1.54) is 6.92 Å². The summed E-state index contributed by atoms with van der Waals surface area (Å²) in [6, 6.07) is 6.83. The molecule has 0 radical (unpaired) electrons. The maximum Gasteiger partial charge on any atom is 0.233 e. The zero-order chi connectivity index (χ0) is 25.9. The van der Waals surface area contributed by atoms with E-state index >= 15 is 0 Å². The molecule has 0 bridgehead atoms. The summed E-state index contributed by atoms with van der Waals surface area (Å²) in [5.74, 6) is 2.33. The van der Waals surface area contributed by atoms with Crippen LogP contribution in [0, 0.1) is 11.3 Å². The lowest BCUT2D eigenvalue weighted by molar-refractivity contribution is -0.114. The quantitative estimate of drug-likeness (QED) is 0.321. The molecular weight excluding hydrogens is 460 g/mol. The van der Waals surface area contributed by atoms with Crippen LogP contribution in [0.2, 0.25) is 0 Å². The van der Waals surface area contributed by atoms with Gasteiger partial charge in [0.15, 0.2) is 5.65 Å². The lowest BCUT2D eigenvalue weighted by atomic mass is 9.91. The summed E-state index contributed by atoms with van der Waals surface area (Å²) in [5, 5.41) is 6.13. The number of allylic oxidation sites excluding steroid dienone is 1. The van der Waals surface area contributed by atoms with E-state index in [0.717, 1.165) is 25.5 Å². The van der Waals surface area contributed by atoms with Crippen molar-refractivity contribution in [3.63, 3.8) is 0 Å². The molecule has 0 spiro atoms. The average Bonchev–Trinajstić information content (AvgIpc) is 3.06. The minimum Gasteiger partial charge on any atom is -0.439 e. The maximum absolute atomic E-state index is 11.3. The number of carbonyl (C=O) groups is 1. The van der Waals surface area contributed by atoms with Crippen molar-refractivity contribution in [1.82, 2.24) is 24.8 Å². The number of pyridine rings is 2. The number of amides is 1. The van der Waals surface area contributed by atoms with Gasteiger partial charge in [-0.05, 0) is 18.2 Å². The zero-order valence-corrected chi connectivity index (χ0v) is 21.2. The molecule has 0 aliphatic carbocycles. The van der Waals surface area contributed by atoms with Crippen molar-refractivity contribution in [2.24, 2.45) is 29.1 Å². The molecule has 0 aromatic carbocycles. The number of amidine groups is 1. The normalized spacial score (nSPS) is 15.0. The molecule has 0 unspecified atom stereocenters. The molecule has 1 aliphatic rings. The molecule has 3 aromatic heterocycles. The number of hydrogen-bond acceptors (Lipinski definition) is 8. The van der Waals surface area contributed by atoms with Crippen molar-refractivity contribution in [3.8, 4) is 11.6 Å². The Labute approximate surface area is 209 Å². The third-order valence-electron chi connectivity index (χ3n) is 5.54. The first kappa shape index (κ1) is 25.1. The molecule has 1 amide bonds. The average molecular weight is 493 g/mol. The zero-order valence-electron chi connectivity index (χ0n) is 21.2. The first-order chi connectivity index (χ1) is 17.1. The van der Waals surface area contributed by atoms with E-state index in [4.69, 9.17) is 15.2 Å². The second kappa shape index (κ2) is 10.3. The first-order valence-electron chi connectivity index (χ1n) is 11.7. The second-order valence-corrected chi connectivity index (χ2v) is 9.75. The number of imidazole rings is 1. The van der Waals surface area contributed by atoms with Crippen LogP contribution >= 0.6 is 0 Å². The number of anilines is 1. The highest BCUT2D eigenvalue weighted by Crippen LogP contribution is 2.27. The fraction of sp³-hybridized carbons (Fsp3) is 0.400. The van der Waals surface area contributed by atoms with Crippen molar-refractivity contribution in [2.75, 3.05) is 25.1 Å². The Hall–Kier alpha value is -3.99. The highest BCUT2D eigenvalue weighted by Gasteiger charge is 2.22. The van der Waals surface area contributed by atoms with Crippen LogP contribution in [0.4, 0.5) is 11.8 Å². The lowest BCUT2D eigenvalue weighted by Gasteiger charge is -2.30. The first-order valence-corrected chi connectivity index (χ1v) is 11.7. The molecule has 0 saturated carbocycles. The monoisotopic (exact) mass is 492 g/mol. The molecule has 3 aromatic rings. The standard InChI is InChI=1S/C25H32N8O3/c1-15(34)29-21-10-17(8-9-27-21)36-22-7-6-18-23(32-22)33(5)24(30-18)31-20(26)11-19(25(2,3)4)28-12-16-13-35-14-16/h6-11,16,28H,12-14H2,1-5H3,(H2,26,30,31)(H,27,29,34)/b19-11-. The third-order valence-corrected chi connectivity index (χ3v) is 5.54. The number of nitrogens with one attached hydrogen (secondary N) is 2. The fourth-order valence-corrected chi connectivity index (χ4v) is 3.52. The van der Waals surface area contributed by atoms with Crippen LogP contribution in [0.3, 0.4) is 0 Å². The highest BCUT2D eigenvalue weighted by molar-refractivity contribution is 5.94. The molecular formula is C25H32N8O3. The number of nitrogens with two attached hydrogens (primary N) is 1. The van der Waals surface area contributed by atoms with E-state index in [9.17, 15) is 4.79 Å². The summed E-state index contributed by atoms with van der Waals surface area (Å²) in [5.41, 5.74) is 8.43. The molecule has 11 heteroatoms. The summed E-state index contributed by atoms with van der Waals surface area (Å²) >= 11 is 0. The van der Waals surface area contributed by atoms with Gasteiger partial charge in [0.05, 0.1) is 13.2 Å². The number of aromatic nitrogens is 4. The summed E-state index contributed by atoms with van der Waals surface area (Å²) in [6.07, 6.45) is 3.41. The van der Waals surface area contributed by atoms with E-state index in [0.29, 0.717) is 46.3 Å². The number of fused-ring (bicyclic) bond motifs is 1. The molecule has 4 rings (SSSR count). The van der Waals surface area contributed by atoms with Crippen molar-refractivity contribution in [2.45, 2.75) is 27.7 Å². The molecule has 1 saturated heterocycles. The highest BCUT2D eigenvalue weighted by atomic mass is 16.5. The third kappa shape index (κ3) is 6.16. The van der Waals surface area contributed by atoms with Crippen LogP contribution in [-0.2, 0) is 16.6 Å². The van der Waals surface area contributed by atoms with Gasteiger partial charge >= 0.3 is 0 Å². The van der Waals surface area contributed by atoms with Crippen molar-refractivity contribution < 1.29 is 14.3 Å².